The molecule has 0 aliphatic rings. The van der Waals surface area contributed by atoms with Gasteiger partial charge < -0.3 is 9.47 Å². The minimum Gasteiger partial charge on any atom is -0.465 e. The zero-order valence-electron chi connectivity index (χ0n) is 18.8. The van der Waals surface area contributed by atoms with Gasteiger partial charge in [0.05, 0.1) is 12.2 Å². The summed E-state index contributed by atoms with van der Waals surface area (Å²) in [6.07, 6.45) is 9.67. The zero-order valence-corrected chi connectivity index (χ0v) is 18.8. The molecule has 1 aromatic carbocycles. The molecule has 0 aliphatic carbocycles. The van der Waals surface area contributed by atoms with E-state index in [4.69, 9.17) is 4.74 Å². The molecule has 1 aromatic rings. The van der Waals surface area contributed by atoms with Crippen LogP contribution in [0.4, 0.5) is 22.0 Å². The smallest absolute Gasteiger partial charge is 0.323 e. The van der Waals surface area contributed by atoms with Crippen LogP contribution in [0.1, 0.15) is 84.1 Å². The van der Waals surface area contributed by atoms with E-state index in [1.54, 1.807) is 0 Å². The van der Waals surface area contributed by atoms with Crippen molar-refractivity contribution in [2.45, 2.75) is 85.2 Å². The maximum absolute atomic E-state index is 13.7. The summed E-state index contributed by atoms with van der Waals surface area (Å²) in [4.78, 5) is 24.4. The van der Waals surface area contributed by atoms with Crippen molar-refractivity contribution in [1.29, 1.82) is 0 Å². The van der Waals surface area contributed by atoms with Crippen LogP contribution < -0.4 is 0 Å². The number of rotatable bonds is 14. The summed E-state index contributed by atoms with van der Waals surface area (Å²) >= 11 is 0. The number of hydrogen-bond donors (Lipinski definition) is 0. The van der Waals surface area contributed by atoms with E-state index in [0.717, 1.165) is 19.3 Å². The molecule has 0 saturated carbocycles. The molecule has 0 atom stereocenters. The second kappa shape index (κ2) is 13.4. The monoisotopic (exact) mass is 466 g/mol. The Kier molecular flexibility index (Phi) is 11.6. The van der Waals surface area contributed by atoms with Gasteiger partial charge in [0.2, 0.25) is 5.82 Å². The molecule has 0 aliphatic heterocycles. The number of carbonyl (C=O) groups is 2. The highest BCUT2D eigenvalue weighted by Crippen LogP contribution is 2.26. The lowest BCUT2D eigenvalue weighted by Gasteiger charge is -2.21. The molecule has 4 nitrogen and oxygen atoms in total. The molecule has 0 heterocycles. The fourth-order valence-electron chi connectivity index (χ4n) is 2.94. The van der Waals surface area contributed by atoms with Gasteiger partial charge in [0.15, 0.2) is 28.7 Å². The van der Waals surface area contributed by atoms with E-state index < -0.39 is 58.6 Å². The van der Waals surface area contributed by atoms with Gasteiger partial charge >= 0.3 is 11.9 Å². The summed E-state index contributed by atoms with van der Waals surface area (Å²) in [6, 6.07) is 0. The average molecular weight is 466 g/mol. The molecular formula is C23H31F5O4. The minimum atomic E-state index is -2.31. The van der Waals surface area contributed by atoms with Crippen LogP contribution in [0.25, 0.3) is 0 Å². The molecule has 0 N–H and O–H groups in total. The van der Waals surface area contributed by atoms with E-state index in [-0.39, 0.29) is 6.61 Å². The summed E-state index contributed by atoms with van der Waals surface area (Å²) in [6.45, 7) is 3.41. The Balaban J connectivity index is 2.44. The second-order valence-corrected chi connectivity index (χ2v) is 8.21. The number of halogens is 5. The Morgan fingerprint density at radius 1 is 0.656 bits per heavy atom. The van der Waals surface area contributed by atoms with Gasteiger partial charge in [-0.25, -0.2) is 22.0 Å². The van der Waals surface area contributed by atoms with Crippen molar-refractivity contribution in [3.8, 4) is 0 Å². The molecule has 0 amide bonds. The maximum Gasteiger partial charge on any atom is 0.323 e. The van der Waals surface area contributed by atoms with Gasteiger partial charge in [-0.1, -0.05) is 58.3 Å². The highest BCUT2D eigenvalue weighted by Gasteiger charge is 2.40. The molecule has 0 aromatic heterocycles. The van der Waals surface area contributed by atoms with Crippen molar-refractivity contribution in [1.82, 2.24) is 0 Å². The van der Waals surface area contributed by atoms with E-state index >= 15 is 0 Å². The summed E-state index contributed by atoms with van der Waals surface area (Å²) in [7, 11) is 0. The lowest BCUT2D eigenvalue weighted by atomic mass is 9.94. The number of ether oxygens (including phenoxy) is 2. The van der Waals surface area contributed by atoms with Crippen LogP contribution in [0.15, 0.2) is 0 Å². The standard InChI is InChI=1S/C23H31F5O4/c1-4-5-6-7-8-9-10-11-12-13-31-21(29)23(2,3)22(30)32-14-15-16(24)18(26)20(28)19(27)17(15)25/h4-14H2,1-3H3. The molecule has 0 unspecified atom stereocenters. The first-order valence-corrected chi connectivity index (χ1v) is 10.9. The Morgan fingerprint density at radius 3 is 1.56 bits per heavy atom. The van der Waals surface area contributed by atoms with E-state index in [9.17, 15) is 31.5 Å². The van der Waals surface area contributed by atoms with Crippen LogP contribution in [0.3, 0.4) is 0 Å². The summed E-state index contributed by atoms with van der Waals surface area (Å²) < 4.78 is 76.6. The molecule has 0 bridgehead atoms. The number of esters is 2. The molecule has 1 rings (SSSR count). The number of hydrogen-bond acceptors (Lipinski definition) is 4. The predicted octanol–water partition coefficient (Wildman–Crippen LogP) is 6.53. The van der Waals surface area contributed by atoms with Gasteiger partial charge in [-0.05, 0) is 20.3 Å². The normalized spacial score (nSPS) is 11.5. The van der Waals surface area contributed by atoms with Crippen molar-refractivity contribution in [2.75, 3.05) is 6.61 Å². The Hall–Kier alpha value is -2.19. The topological polar surface area (TPSA) is 52.6 Å². The second-order valence-electron chi connectivity index (χ2n) is 8.21. The van der Waals surface area contributed by atoms with Gasteiger partial charge in [-0.2, -0.15) is 0 Å². The van der Waals surface area contributed by atoms with E-state index in [0.29, 0.717) is 6.42 Å². The van der Waals surface area contributed by atoms with Gasteiger partial charge in [-0.15, -0.1) is 0 Å². The summed E-state index contributed by atoms with van der Waals surface area (Å²) in [5.41, 5.74) is -3.11. The molecule has 0 saturated heterocycles. The fraction of sp³-hybridized carbons (Fsp3) is 0.652. The van der Waals surface area contributed by atoms with Crippen LogP contribution in [0, 0.1) is 34.5 Å². The van der Waals surface area contributed by atoms with Crippen molar-refractivity contribution < 1.29 is 41.0 Å². The van der Waals surface area contributed by atoms with E-state index in [2.05, 4.69) is 11.7 Å². The van der Waals surface area contributed by atoms with Gasteiger partial charge in [0.25, 0.3) is 0 Å². The zero-order chi connectivity index (χ0) is 24.3. The number of benzene rings is 1. The molecule has 0 spiro atoms. The van der Waals surface area contributed by atoms with E-state index in [1.165, 1.54) is 46.0 Å². The maximum atomic E-state index is 13.7. The Morgan fingerprint density at radius 2 is 1.06 bits per heavy atom. The highest BCUT2D eigenvalue weighted by atomic mass is 19.2. The van der Waals surface area contributed by atoms with Crippen LogP contribution in [-0.2, 0) is 25.7 Å². The first kappa shape index (κ1) is 27.8. The molecule has 9 heteroatoms. The van der Waals surface area contributed by atoms with Crippen LogP contribution in [-0.4, -0.2) is 18.5 Å². The van der Waals surface area contributed by atoms with Crippen LogP contribution in [0.5, 0.6) is 0 Å². The molecule has 0 fully saturated rings. The predicted molar refractivity (Wildman–Crippen MR) is 108 cm³/mol. The largest absolute Gasteiger partial charge is 0.465 e. The molecular weight excluding hydrogens is 435 g/mol. The number of carbonyl (C=O) groups excluding carboxylic acids is 2. The first-order chi connectivity index (χ1) is 15.1. The summed E-state index contributed by atoms with van der Waals surface area (Å²) in [5.74, 6) is -12.9. The van der Waals surface area contributed by atoms with E-state index in [1.807, 2.05) is 0 Å². The third kappa shape index (κ3) is 7.74. The van der Waals surface area contributed by atoms with Gasteiger partial charge in [-0.3, -0.25) is 9.59 Å². The molecule has 32 heavy (non-hydrogen) atoms. The average Bonchev–Trinajstić information content (AvgIpc) is 2.77. The Labute approximate surface area is 185 Å². The van der Waals surface area contributed by atoms with Gasteiger partial charge in [0.1, 0.15) is 6.61 Å². The Bertz CT molecular complexity index is 751. The number of unbranched alkanes of at least 4 members (excludes halogenated alkanes) is 8. The van der Waals surface area contributed by atoms with Gasteiger partial charge in [0, 0.05) is 0 Å². The van der Waals surface area contributed by atoms with Crippen LogP contribution in [0.2, 0.25) is 0 Å². The third-order valence-electron chi connectivity index (χ3n) is 5.15. The van der Waals surface area contributed by atoms with Crippen molar-refractivity contribution in [2.24, 2.45) is 5.41 Å². The highest BCUT2D eigenvalue weighted by molar-refractivity contribution is 5.99. The lowest BCUT2D eigenvalue weighted by Crippen LogP contribution is -2.36. The van der Waals surface area contributed by atoms with Crippen molar-refractivity contribution in [3.63, 3.8) is 0 Å². The van der Waals surface area contributed by atoms with Crippen molar-refractivity contribution in [3.05, 3.63) is 34.6 Å². The minimum absolute atomic E-state index is 0.100. The van der Waals surface area contributed by atoms with Crippen LogP contribution >= 0.6 is 0 Å². The fourth-order valence-corrected chi connectivity index (χ4v) is 2.94. The summed E-state index contributed by atoms with van der Waals surface area (Å²) in [5, 5.41) is 0. The lowest BCUT2D eigenvalue weighted by molar-refractivity contribution is -0.170. The third-order valence-corrected chi connectivity index (χ3v) is 5.15. The SMILES string of the molecule is CCCCCCCCCCCOC(=O)C(C)(C)C(=O)OCc1c(F)c(F)c(F)c(F)c1F. The molecule has 182 valence electrons. The quantitative estimate of drug-likeness (QED) is 0.0782. The van der Waals surface area contributed by atoms with Crippen molar-refractivity contribution >= 4 is 11.9 Å². The first-order valence-electron chi connectivity index (χ1n) is 10.9. The molecule has 0 radical (unpaired) electrons.